The Bertz CT molecular complexity index is 322. The molecule has 0 heterocycles. The summed E-state index contributed by atoms with van der Waals surface area (Å²) in [6.45, 7) is 11.5. The number of amides is 1. The number of carbonyl (C=O) groups is 2. The summed E-state index contributed by atoms with van der Waals surface area (Å²) in [6, 6.07) is 0.549. The molecule has 0 aromatic heterocycles. The van der Waals surface area contributed by atoms with Gasteiger partial charge in [0.1, 0.15) is 5.60 Å². The summed E-state index contributed by atoms with van der Waals surface area (Å²) in [5, 5.41) is 2.84. The molecule has 0 radical (unpaired) electrons. The number of ether oxygens (including phenoxy) is 1. The van der Waals surface area contributed by atoms with Crippen LogP contribution in [0, 0.1) is 0 Å². The van der Waals surface area contributed by atoms with Crippen molar-refractivity contribution in [1.82, 2.24) is 10.2 Å². The van der Waals surface area contributed by atoms with E-state index in [9.17, 15) is 9.59 Å². The second kappa shape index (κ2) is 9.77. The van der Waals surface area contributed by atoms with Crippen molar-refractivity contribution in [2.24, 2.45) is 0 Å². The van der Waals surface area contributed by atoms with Gasteiger partial charge in [-0.3, -0.25) is 9.59 Å². The standard InChI is InChI=1S/C16H32N2O3/c1-13(2)18(6)12-8-7-11-17-14(19)9-10-15(20)21-16(3,4)5/h13H,7-12H2,1-6H3,(H,17,19). The van der Waals surface area contributed by atoms with E-state index < -0.39 is 5.60 Å². The van der Waals surface area contributed by atoms with E-state index in [0.717, 1.165) is 19.4 Å². The molecule has 0 aliphatic heterocycles. The minimum absolute atomic E-state index is 0.0851. The molecule has 5 nitrogen and oxygen atoms in total. The number of hydrogen-bond acceptors (Lipinski definition) is 4. The number of rotatable bonds is 9. The van der Waals surface area contributed by atoms with Crippen LogP contribution < -0.4 is 5.32 Å². The summed E-state index contributed by atoms with van der Waals surface area (Å²) in [4.78, 5) is 25.3. The Morgan fingerprint density at radius 2 is 1.76 bits per heavy atom. The van der Waals surface area contributed by atoms with Gasteiger partial charge in [-0.25, -0.2) is 0 Å². The van der Waals surface area contributed by atoms with E-state index in [1.807, 2.05) is 20.8 Å². The van der Waals surface area contributed by atoms with E-state index in [0.29, 0.717) is 12.6 Å². The van der Waals surface area contributed by atoms with Crippen LogP contribution in [0.5, 0.6) is 0 Å². The van der Waals surface area contributed by atoms with Crippen LogP contribution in [-0.2, 0) is 14.3 Å². The largest absolute Gasteiger partial charge is 0.460 e. The molecule has 0 rings (SSSR count). The summed E-state index contributed by atoms with van der Waals surface area (Å²) in [7, 11) is 2.10. The first kappa shape index (κ1) is 19.9. The molecule has 0 aromatic carbocycles. The topological polar surface area (TPSA) is 58.6 Å². The second-order valence-corrected chi connectivity index (χ2v) is 6.72. The molecule has 0 saturated heterocycles. The molecule has 0 aliphatic carbocycles. The molecule has 0 aromatic rings. The molecular weight excluding hydrogens is 268 g/mol. The van der Waals surface area contributed by atoms with Crippen molar-refractivity contribution >= 4 is 11.9 Å². The van der Waals surface area contributed by atoms with Gasteiger partial charge in [-0.1, -0.05) is 0 Å². The van der Waals surface area contributed by atoms with Crippen LogP contribution >= 0.6 is 0 Å². The third-order valence-electron chi connectivity index (χ3n) is 3.12. The zero-order valence-corrected chi connectivity index (χ0v) is 14.5. The molecular formula is C16H32N2O3. The highest BCUT2D eigenvalue weighted by Crippen LogP contribution is 2.09. The Morgan fingerprint density at radius 3 is 2.29 bits per heavy atom. The number of carbonyl (C=O) groups excluding carboxylic acids is 2. The Kier molecular flexibility index (Phi) is 9.26. The first-order chi connectivity index (χ1) is 9.61. The zero-order valence-electron chi connectivity index (χ0n) is 14.5. The minimum atomic E-state index is -0.490. The average Bonchev–Trinajstić information content (AvgIpc) is 2.33. The fourth-order valence-electron chi connectivity index (χ4n) is 1.67. The monoisotopic (exact) mass is 300 g/mol. The SMILES string of the molecule is CC(C)N(C)CCCCNC(=O)CCC(=O)OC(C)(C)C. The van der Waals surface area contributed by atoms with Crippen molar-refractivity contribution in [2.45, 2.75) is 71.9 Å². The van der Waals surface area contributed by atoms with Gasteiger partial charge in [-0.05, 0) is 61.1 Å². The summed E-state index contributed by atoms with van der Waals surface area (Å²) in [5.41, 5.74) is -0.490. The molecule has 0 atom stereocenters. The summed E-state index contributed by atoms with van der Waals surface area (Å²) < 4.78 is 5.16. The molecule has 5 heteroatoms. The predicted molar refractivity (Wildman–Crippen MR) is 85.1 cm³/mol. The molecule has 0 fully saturated rings. The van der Waals surface area contributed by atoms with E-state index in [-0.39, 0.29) is 24.7 Å². The van der Waals surface area contributed by atoms with Crippen LogP contribution in [0.4, 0.5) is 0 Å². The molecule has 1 N–H and O–H groups in total. The lowest BCUT2D eigenvalue weighted by molar-refractivity contribution is -0.155. The highest BCUT2D eigenvalue weighted by Gasteiger charge is 2.16. The van der Waals surface area contributed by atoms with Crippen LogP contribution in [-0.4, -0.2) is 48.6 Å². The third kappa shape index (κ3) is 12.4. The smallest absolute Gasteiger partial charge is 0.306 e. The number of unbranched alkanes of at least 4 members (excludes halogenated alkanes) is 1. The fourth-order valence-corrected chi connectivity index (χ4v) is 1.67. The van der Waals surface area contributed by atoms with Crippen molar-refractivity contribution in [1.29, 1.82) is 0 Å². The average molecular weight is 300 g/mol. The predicted octanol–water partition coefficient (Wildman–Crippen LogP) is 2.34. The lowest BCUT2D eigenvalue weighted by atomic mass is 10.2. The van der Waals surface area contributed by atoms with E-state index in [2.05, 4.69) is 31.1 Å². The van der Waals surface area contributed by atoms with Crippen molar-refractivity contribution < 1.29 is 14.3 Å². The Balaban J connectivity index is 3.62. The molecule has 0 aliphatic rings. The molecule has 0 unspecified atom stereocenters. The molecule has 0 spiro atoms. The minimum Gasteiger partial charge on any atom is -0.460 e. The maximum atomic E-state index is 11.6. The van der Waals surface area contributed by atoms with Gasteiger partial charge in [0.05, 0.1) is 6.42 Å². The summed E-state index contributed by atoms with van der Waals surface area (Å²) in [5.74, 6) is -0.408. The maximum Gasteiger partial charge on any atom is 0.306 e. The van der Waals surface area contributed by atoms with E-state index >= 15 is 0 Å². The van der Waals surface area contributed by atoms with Crippen LogP contribution in [0.15, 0.2) is 0 Å². The van der Waals surface area contributed by atoms with Crippen molar-refractivity contribution in [3.63, 3.8) is 0 Å². The maximum absolute atomic E-state index is 11.6. The van der Waals surface area contributed by atoms with E-state index in [1.54, 1.807) is 0 Å². The Hall–Kier alpha value is -1.10. The third-order valence-corrected chi connectivity index (χ3v) is 3.12. The molecule has 124 valence electrons. The molecule has 0 saturated carbocycles. The highest BCUT2D eigenvalue weighted by molar-refractivity contribution is 5.81. The number of esters is 1. The number of hydrogen-bond donors (Lipinski definition) is 1. The fraction of sp³-hybridized carbons (Fsp3) is 0.875. The first-order valence-corrected chi connectivity index (χ1v) is 7.80. The van der Waals surface area contributed by atoms with Gasteiger partial charge in [-0.15, -0.1) is 0 Å². The quantitative estimate of drug-likeness (QED) is 0.524. The van der Waals surface area contributed by atoms with Crippen LogP contribution in [0.2, 0.25) is 0 Å². The van der Waals surface area contributed by atoms with Gasteiger partial charge >= 0.3 is 5.97 Å². The lowest BCUT2D eigenvalue weighted by Gasteiger charge is -2.20. The van der Waals surface area contributed by atoms with Crippen molar-refractivity contribution in [3.05, 3.63) is 0 Å². The molecule has 0 bridgehead atoms. The number of nitrogens with one attached hydrogen (secondary N) is 1. The van der Waals surface area contributed by atoms with Crippen molar-refractivity contribution in [2.75, 3.05) is 20.1 Å². The van der Waals surface area contributed by atoms with Crippen LogP contribution in [0.25, 0.3) is 0 Å². The van der Waals surface area contributed by atoms with Gasteiger partial charge in [0.2, 0.25) is 5.91 Å². The van der Waals surface area contributed by atoms with Crippen LogP contribution in [0.1, 0.15) is 60.3 Å². The molecule has 21 heavy (non-hydrogen) atoms. The number of nitrogens with zero attached hydrogens (tertiary/aromatic N) is 1. The summed E-state index contributed by atoms with van der Waals surface area (Å²) in [6.07, 6.45) is 2.34. The normalized spacial score (nSPS) is 11.8. The Morgan fingerprint density at radius 1 is 1.14 bits per heavy atom. The van der Waals surface area contributed by atoms with E-state index in [4.69, 9.17) is 4.74 Å². The van der Waals surface area contributed by atoms with Crippen molar-refractivity contribution in [3.8, 4) is 0 Å². The van der Waals surface area contributed by atoms with Gasteiger partial charge in [0.15, 0.2) is 0 Å². The highest BCUT2D eigenvalue weighted by atomic mass is 16.6. The zero-order chi connectivity index (χ0) is 16.5. The van der Waals surface area contributed by atoms with E-state index in [1.165, 1.54) is 0 Å². The Labute approximate surface area is 129 Å². The van der Waals surface area contributed by atoms with Gasteiger partial charge in [-0.2, -0.15) is 0 Å². The van der Waals surface area contributed by atoms with Crippen LogP contribution in [0.3, 0.4) is 0 Å². The first-order valence-electron chi connectivity index (χ1n) is 7.80. The van der Waals surface area contributed by atoms with Gasteiger partial charge < -0.3 is 15.0 Å². The van der Waals surface area contributed by atoms with Gasteiger partial charge in [0.25, 0.3) is 0 Å². The molecule has 1 amide bonds. The van der Waals surface area contributed by atoms with Gasteiger partial charge in [0, 0.05) is 19.0 Å². The second-order valence-electron chi connectivity index (χ2n) is 6.72. The lowest BCUT2D eigenvalue weighted by Crippen LogP contribution is -2.29. The summed E-state index contributed by atoms with van der Waals surface area (Å²) >= 11 is 0.